The van der Waals surface area contributed by atoms with Gasteiger partial charge in [-0.3, -0.25) is 0 Å². The van der Waals surface area contributed by atoms with Crippen LogP contribution in [0.1, 0.15) is 22.5 Å². The van der Waals surface area contributed by atoms with Crippen molar-refractivity contribution in [1.29, 1.82) is 0 Å². The molecule has 0 saturated carbocycles. The Bertz CT molecular complexity index is 1370. The number of benzene rings is 4. The van der Waals surface area contributed by atoms with Crippen molar-refractivity contribution < 1.29 is 14.0 Å². The molecule has 1 aromatic heterocycles. The van der Waals surface area contributed by atoms with Gasteiger partial charge in [0.05, 0.1) is 0 Å². The van der Waals surface area contributed by atoms with Gasteiger partial charge in [-0.15, -0.1) is 0 Å². The third-order valence-electron chi connectivity index (χ3n) is 5.92. The third kappa shape index (κ3) is 6.62. The summed E-state index contributed by atoms with van der Waals surface area (Å²) in [5, 5.41) is 0. The SMILES string of the molecule is C[n+]1c(/C=C/c2ccc(Oc3ccccc3)cc2)cccc1/C=C/c1ccc(Oc2ccccc2)cc1. The molecule has 0 aliphatic heterocycles. The van der Waals surface area contributed by atoms with Gasteiger partial charge in [-0.1, -0.05) is 60.7 Å². The van der Waals surface area contributed by atoms with Crippen LogP contribution in [0.5, 0.6) is 23.0 Å². The summed E-state index contributed by atoms with van der Waals surface area (Å²) in [6, 6.07) is 42.1. The Labute approximate surface area is 218 Å². The second-order valence-electron chi connectivity index (χ2n) is 8.57. The first-order chi connectivity index (χ1) is 18.2. The number of pyridine rings is 1. The Hall–Kier alpha value is -4.89. The molecular weight excluding hydrogens is 454 g/mol. The van der Waals surface area contributed by atoms with E-state index >= 15 is 0 Å². The summed E-state index contributed by atoms with van der Waals surface area (Å²) >= 11 is 0. The molecule has 0 radical (unpaired) electrons. The van der Waals surface area contributed by atoms with Gasteiger partial charge in [-0.05, 0) is 77.9 Å². The van der Waals surface area contributed by atoms with Crippen molar-refractivity contribution in [2.75, 3.05) is 0 Å². The molecule has 0 unspecified atom stereocenters. The lowest BCUT2D eigenvalue weighted by atomic mass is 10.1. The zero-order chi connectivity index (χ0) is 25.3. The quantitative estimate of drug-likeness (QED) is 0.207. The lowest BCUT2D eigenvalue weighted by Gasteiger charge is -2.05. The van der Waals surface area contributed by atoms with Gasteiger partial charge in [-0.25, -0.2) is 0 Å². The molecule has 0 amide bonds. The molecule has 0 aliphatic rings. The lowest BCUT2D eigenvalue weighted by molar-refractivity contribution is -0.675. The zero-order valence-corrected chi connectivity index (χ0v) is 20.7. The highest BCUT2D eigenvalue weighted by molar-refractivity contribution is 5.69. The largest absolute Gasteiger partial charge is 0.457 e. The fraction of sp³-hybridized carbons (Fsp3) is 0.0294. The highest BCUT2D eigenvalue weighted by Gasteiger charge is 2.07. The number of nitrogens with zero attached hydrogens (tertiary/aromatic N) is 1. The summed E-state index contributed by atoms with van der Waals surface area (Å²) in [7, 11) is 2.08. The summed E-state index contributed by atoms with van der Waals surface area (Å²) in [6.45, 7) is 0. The van der Waals surface area contributed by atoms with Crippen LogP contribution in [0.25, 0.3) is 24.3 Å². The van der Waals surface area contributed by atoms with Gasteiger partial charge < -0.3 is 9.47 Å². The topological polar surface area (TPSA) is 22.3 Å². The van der Waals surface area contributed by atoms with Crippen molar-refractivity contribution in [2.24, 2.45) is 7.05 Å². The maximum absolute atomic E-state index is 5.88. The molecular formula is C34H28NO2+. The molecule has 0 aliphatic carbocycles. The van der Waals surface area contributed by atoms with E-state index in [0.29, 0.717) is 0 Å². The minimum atomic E-state index is 0.820. The molecule has 0 bridgehead atoms. The van der Waals surface area contributed by atoms with Crippen LogP contribution in [0.4, 0.5) is 0 Å². The number of hydrogen-bond acceptors (Lipinski definition) is 2. The van der Waals surface area contributed by atoms with E-state index in [1.54, 1.807) is 0 Å². The number of ether oxygens (including phenoxy) is 2. The molecule has 0 atom stereocenters. The number of para-hydroxylation sites is 2. The van der Waals surface area contributed by atoms with E-state index in [1.165, 1.54) is 0 Å². The maximum atomic E-state index is 5.88. The zero-order valence-electron chi connectivity index (χ0n) is 20.7. The van der Waals surface area contributed by atoms with Crippen molar-refractivity contribution in [3.8, 4) is 23.0 Å². The Morgan fingerprint density at radius 2 is 0.784 bits per heavy atom. The maximum Gasteiger partial charge on any atom is 0.205 e. The fourth-order valence-electron chi connectivity index (χ4n) is 3.86. The molecule has 3 heteroatoms. The monoisotopic (exact) mass is 482 g/mol. The van der Waals surface area contributed by atoms with Crippen molar-refractivity contribution in [3.05, 3.63) is 150 Å². The van der Waals surface area contributed by atoms with Crippen molar-refractivity contribution in [3.63, 3.8) is 0 Å². The van der Waals surface area contributed by atoms with E-state index in [2.05, 4.69) is 78.4 Å². The van der Waals surface area contributed by atoms with E-state index < -0.39 is 0 Å². The van der Waals surface area contributed by atoms with Gasteiger partial charge in [-0.2, -0.15) is 4.57 Å². The smallest absolute Gasteiger partial charge is 0.205 e. The molecule has 180 valence electrons. The predicted octanol–water partition coefficient (Wildman–Crippen LogP) is 8.44. The Morgan fingerprint density at radius 1 is 0.405 bits per heavy atom. The molecule has 1 heterocycles. The van der Waals surface area contributed by atoms with Gasteiger partial charge in [0, 0.05) is 24.3 Å². The highest BCUT2D eigenvalue weighted by Crippen LogP contribution is 2.23. The molecule has 37 heavy (non-hydrogen) atoms. The first-order valence-electron chi connectivity index (χ1n) is 12.2. The molecule has 0 N–H and O–H groups in total. The van der Waals surface area contributed by atoms with Crippen LogP contribution < -0.4 is 14.0 Å². The Balaban J connectivity index is 1.23. The number of aromatic nitrogens is 1. The van der Waals surface area contributed by atoms with Crippen LogP contribution in [-0.2, 0) is 7.05 Å². The second-order valence-corrected chi connectivity index (χ2v) is 8.57. The van der Waals surface area contributed by atoms with Crippen LogP contribution in [-0.4, -0.2) is 0 Å². The minimum Gasteiger partial charge on any atom is -0.457 e. The summed E-state index contributed by atoms with van der Waals surface area (Å²) in [6.07, 6.45) is 8.47. The van der Waals surface area contributed by atoms with Gasteiger partial charge in [0.15, 0.2) is 0 Å². The fourth-order valence-corrected chi connectivity index (χ4v) is 3.86. The molecule has 5 rings (SSSR count). The molecule has 3 nitrogen and oxygen atoms in total. The van der Waals surface area contributed by atoms with Crippen LogP contribution in [0.3, 0.4) is 0 Å². The van der Waals surface area contributed by atoms with Gasteiger partial charge >= 0.3 is 0 Å². The summed E-state index contributed by atoms with van der Waals surface area (Å²) in [4.78, 5) is 0. The summed E-state index contributed by atoms with van der Waals surface area (Å²) < 4.78 is 13.9. The van der Waals surface area contributed by atoms with Gasteiger partial charge in [0.2, 0.25) is 11.4 Å². The molecule has 0 saturated heterocycles. The lowest BCUT2D eigenvalue weighted by Crippen LogP contribution is -2.35. The molecule has 0 fully saturated rings. The van der Waals surface area contributed by atoms with E-state index in [-0.39, 0.29) is 0 Å². The average molecular weight is 483 g/mol. The molecule has 5 aromatic rings. The van der Waals surface area contributed by atoms with Crippen LogP contribution in [0.15, 0.2) is 127 Å². The van der Waals surface area contributed by atoms with Crippen molar-refractivity contribution in [2.45, 2.75) is 0 Å². The van der Waals surface area contributed by atoms with E-state index in [0.717, 1.165) is 45.5 Å². The standard InChI is InChI=1S/C34H28NO2/c1-35-29(21-15-27-17-23-33(24-18-27)36-31-11-4-2-5-12-31)9-8-10-30(35)22-16-28-19-25-34(26-20-28)37-32-13-6-3-7-14-32/h2-26H,1H3/q+1/b21-15+,22-16+. The van der Waals surface area contributed by atoms with Gasteiger partial charge in [0.25, 0.3) is 0 Å². The minimum absolute atomic E-state index is 0.820. The third-order valence-corrected chi connectivity index (χ3v) is 5.92. The van der Waals surface area contributed by atoms with Crippen LogP contribution in [0.2, 0.25) is 0 Å². The average Bonchev–Trinajstić information content (AvgIpc) is 2.95. The second kappa shape index (κ2) is 11.7. The van der Waals surface area contributed by atoms with Crippen molar-refractivity contribution in [1.82, 2.24) is 0 Å². The highest BCUT2D eigenvalue weighted by atomic mass is 16.5. The van der Waals surface area contributed by atoms with E-state index in [9.17, 15) is 0 Å². The summed E-state index contributed by atoms with van der Waals surface area (Å²) in [5.74, 6) is 3.31. The van der Waals surface area contributed by atoms with Crippen molar-refractivity contribution >= 4 is 24.3 Å². The number of rotatable bonds is 8. The Kier molecular flexibility index (Phi) is 7.53. The first-order valence-corrected chi connectivity index (χ1v) is 12.2. The molecule has 4 aromatic carbocycles. The molecule has 0 spiro atoms. The first kappa shape index (κ1) is 23.8. The Morgan fingerprint density at radius 3 is 1.19 bits per heavy atom. The normalized spacial score (nSPS) is 11.2. The van der Waals surface area contributed by atoms with E-state index in [1.807, 2.05) is 84.9 Å². The van der Waals surface area contributed by atoms with Crippen LogP contribution >= 0.6 is 0 Å². The summed E-state index contributed by atoms with van der Waals surface area (Å²) in [5.41, 5.74) is 4.44. The number of hydrogen-bond donors (Lipinski definition) is 0. The van der Waals surface area contributed by atoms with Crippen LogP contribution in [0, 0.1) is 0 Å². The predicted molar refractivity (Wildman–Crippen MR) is 151 cm³/mol. The van der Waals surface area contributed by atoms with E-state index in [4.69, 9.17) is 9.47 Å². The van der Waals surface area contributed by atoms with Gasteiger partial charge in [0.1, 0.15) is 30.0 Å².